The van der Waals surface area contributed by atoms with Crippen molar-refractivity contribution in [2.24, 2.45) is 0 Å². The summed E-state index contributed by atoms with van der Waals surface area (Å²) in [6.45, 7) is 0. The minimum atomic E-state index is -0.489. The lowest BCUT2D eigenvalue weighted by atomic mass is 10.4. The van der Waals surface area contributed by atoms with Gasteiger partial charge in [-0.25, -0.2) is 4.79 Å². The minimum absolute atomic E-state index is 0.368. The average molecular weight is 220 g/mol. The number of aromatic amines is 2. The highest BCUT2D eigenvalue weighted by Crippen LogP contribution is 2.22. The molecule has 0 saturated heterocycles. The Kier molecular flexibility index (Phi) is 2.73. The van der Waals surface area contributed by atoms with Gasteiger partial charge in [0.2, 0.25) is 0 Å². The Morgan fingerprint density at radius 2 is 1.80 bits per heavy atom. The number of rotatable bonds is 2. The van der Waals surface area contributed by atoms with Crippen LogP contribution in [0.1, 0.15) is 0 Å². The summed E-state index contributed by atoms with van der Waals surface area (Å²) in [7, 11) is 0. The van der Waals surface area contributed by atoms with Gasteiger partial charge in [0.25, 0.3) is 5.56 Å². The van der Waals surface area contributed by atoms with Crippen LogP contribution in [0.25, 0.3) is 0 Å². The molecule has 2 aromatic rings. The molecule has 2 rings (SSSR count). The number of hydrogen-bond donors (Lipinski definition) is 2. The summed E-state index contributed by atoms with van der Waals surface area (Å²) in [6.07, 6.45) is 1.42. The lowest BCUT2D eigenvalue weighted by Gasteiger charge is -1.98. The van der Waals surface area contributed by atoms with Crippen LogP contribution < -0.4 is 11.2 Å². The molecule has 1 aromatic carbocycles. The maximum absolute atomic E-state index is 11.3. The summed E-state index contributed by atoms with van der Waals surface area (Å²) in [6, 6.07) is 9.48. The lowest BCUT2D eigenvalue weighted by Crippen LogP contribution is -2.22. The number of nitrogens with one attached hydrogen (secondary N) is 2. The maximum atomic E-state index is 11.3. The molecule has 2 N–H and O–H groups in total. The molecule has 0 saturated carbocycles. The molecule has 0 aliphatic heterocycles. The normalized spacial score (nSPS) is 10.1. The predicted octanol–water partition coefficient (Wildman–Crippen LogP) is 1.21. The van der Waals surface area contributed by atoms with E-state index in [1.54, 1.807) is 0 Å². The Morgan fingerprint density at radius 1 is 1.07 bits per heavy atom. The first kappa shape index (κ1) is 9.79. The molecule has 5 heteroatoms. The fourth-order valence-corrected chi connectivity index (χ4v) is 1.90. The molecule has 0 bridgehead atoms. The molecule has 0 aliphatic carbocycles. The highest BCUT2D eigenvalue weighted by Gasteiger charge is 2.01. The molecule has 1 heterocycles. The van der Waals surface area contributed by atoms with E-state index in [0.717, 1.165) is 4.90 Å². The van der Waals surface area contributed by atoms with Crippen LogP contribution in [0, 0.1) is 0 Å². The van der Waals surface area contributed by atoms with Crippen LogP contribution in [0.5, 0.6) is 0 Å². The summed E-state index contributed by atoms with van der Waals surface area (Å²) in [4.78, 5) is 28.1. The van der Waals surface area contributed by atoms with E-state index in [1.165, 1.54) is 18.0 Å². The van der Waals surface area contributed by atoms with Gasteiger partial charge in [-0.05, 0) is 12.1 Å². The van der Waals surface area contributed by atoms with Crippen LogP contribution in [-0.4, -0.2) is 9.97 Å². The Hall–Kier alpha value is -1.75. The van der Waals surface area contributed by atoms with Crippen molar-refractivity contribution in [2.75, 3.05) is 0 Å². The van der Waals surface area contributed by atoms with E-state index in [2.05, 4.69) is 9.97 Å². The van der Waals surface area contributed by atoms with Crippen molar-refractivity contribution in [3.63, 3.8) is 0 Å². The topological polar surface area (TPSA) is 65.7 Å². The summed E-state index contributed by atoms with van der Waals surface area (Å²) >= 11 is 1.31. The number of H-pyrrole nitrogens is 2. The van der Waals surface area contributed by atoms with Crippen LogP contribution in [0.3, 0.4) is 0 Å². The molecule has 0 amide bonds. The van der Waals surface area contributed by atoms with E-state index in [4.69, 9.17) is 0 Å². The van der Waals surface area contributed by atoms with Crippen molar-refractivity contribution in [1.29, 1.82) is 0 Å². The van der Waals surface area contributed by atoms with E-state index < -0.39 is 5.69 Å². The first-order valence-corrected chi connectivity index (χ1v) is 5.12. The Balaban J connectivity index is 2.33. The van der Waals surface area contributed by atoms with Gasteiger partial charge < -0.3 is 4.98 Å². The fourth-order valence-electron chi connectivity index (χ4n) is 1.09. The van der Waals surface area contributed by atoms with Crippen LogP contribution in [0.15, 0.2) is 55.9 Å². The fraction of sp³-hybridized carbons (Fsp3) is 0. The highest BCUT2D eigenvalue weighted by atomic mass is 32.2. The third-order valence-corrected chi connectivity index (χ3v) is 2.79. The van der Waals surface area contributed by atoms with Gasteiger partial charge in [0, 0.05) is 11.1 Å². The van der Waals surface area contributed by atoms with Gasteiger partial charge in [0.15, 0.2) is 0 Å². The van der Waals surface area contributed by atoms with Crippen molar-refractivity contribution in [1.82, 2.24) is 9.97 Å². The number of benzene rings is 1. The molecule has 0 radical (unpaired) electrons. The second-order valence-electron chi connectivity index (χ2n) is 2.85. The molecule has 0 fully saturated rings. The first-order valence-electron chi connectivity index (χ1n) is 4.30. The zero-order valence-corrected chi connectivity index (χ0v) is 8.51. The van der Waals surface area contributed by atoms with Gasteiger partial charge in [0.05, 0.1) is 4.90 Å². The molecule has 4 nitrogen and oxygen atoms in total. The maximum Gasteiger partial charge on any atom is 0.325 e. The van der Waals surface area contributed by atoms with E-state index in [0.29, 0.717) is 4.90 Å². The SMILES string of the molecule is O=c1[nH]cc(Sc2ccccc2)c(=O)[nH]1. The zero-order valence-electron chi connectivity index (χ0n) is 7.69. The quantitative estimate of drug-likeness (QED) is 0.799. The van der Waals surface area contributed by atoms with Gasteiger partial charge in [0.1, 0.15) is 0 Å². The van der Waals surface area contributed by atoms with Crippen LogP contribution in [0.2, 0.25) is 0 Å². The second kappa shape index (κ2) is 4.18. The van der Waals surface area contributed by atoms with Gasteiger partial charge in [-0.2, -0.15) is 0 Å². The van der Waals surface area contributed by atoms with Crippen molar-refractivity contribution in [3.8, 4) is 0 Å². The summed E-state index contributed by atoms with van der Waals surface area (Å²) in [5.41, 5.74) is -0.856. The van der Waals surface area contributed by atoms with Crippen molar-refractivity contribution in [2.45, 2.75) is 9.79 Å². The van der Waals surface area contributed by atoms with Crippen LogP contribution >= 0.6 is 11.8 Å². The third kappa shape index (κ3) is 2.38. The molecule has 0 spiro atoms. The van der Waals surface area contributed by atoms with Crippen LogP contribution in [0.4, 0.5) is 0 Å². The molecule has 0 unspecified atom stereocenters. The Morgan fingerprint density at radius 3 is 2.47 bits per heavy atom. The van der Waals surface area contributed by atoms with Gasteiger partial charge in [-0.15, -0.1) is 0 Å². The Labute approximate surface area is 89.4 Å². The highest BCUT2D eigenvalue weighted by molar-refractivity contribution is 7.99. The van der Waals surface area contributed by atoms with Crippen molar-refractivity contribution < 1.29 is 0 Å². The van der Waals surface area contributed by atoms with E-state index >= 15 is 0 Å². The smallest absolute Gasteiger partial charge is 0.313 e. The van der Waals surface area contributed by atoms with Crippen LogP contribution in [-0.2, 0) is 0 Å². The minimum Gasteiger partial charge on any atom is -0.313 e. The standard InChI is InChI=1S/C10H8N2O2S/c13-9-8(6-11-10(14)12-9)15-7-4-2-1-3-5-7/h1-6H,(H2,11,12,13,14). The number of aromatic nitrogens is 2. The molecule has 0 aliphatic rings. The molecular formula is C10H8N2O2S. The van der Waals surface area contributed by atoms with Gasteiger partial charge >= 0.3 is 5.69 Å². The summed E-state index contributed by atoms with van der Waals surface area (Å²) in [5.74, 6) is 0. The predicted molar refractivity (Wildman–Crippen MR) is 58.2 cm³/mol. The average Bonchev–Trinajstić information content (AvgIpc) is 2.24. The molecular weight excluding hydrogens is 212 g/mol. The van der Waals surface area contributed by atoms with E-state index in [1.807, 2.05) is 30.3 Å². The summed E-state index contributed by atoms with van der Waals surface area (Å²) in [5, 5.41) is 0. The van der Waals surface area contributed by atoms with Gasteiger partial charge in [-0.1, -0.05) is 30.0 Å². The van der Waals surface area contributed by atoms with Crippen molar-refractivity contribution >= 4 is 11.8 Å². The molecule has 76 valence electrons. The Bertz CT molecular complexity index is 559. The molecule has 0 atom stereocenters. The monoisotopic (exact) mass is 220 g/mol. The zero-order chi connectivity index (χ0) is 10.7. The first-order chi connectivity index (χ1) is 7.25. The third-order valence-electron chi connectivity index (χ3n) is 1.76. The lowest BCUT2D eigenvalue weighted by molar-refractivity contribution is 0.976. The van der Waals surface area contributed by atoms with E-state index in [-0.39, 0.29) is 5.56 Å². The largest absolute Gasteiger partial charge is 0.325 e. The number of hydrogen-bond acceptors (Lipinski definition) is 3. The summed E-state index contributed by atoms with van der Waals surface area (Å²) < 4.78 is 0. The van der Waals surface area contributed by atoms with Crippen molar-refractivity contribution in [3.05, 3.63) is 57.4 Å². The molecule has 1 aromatic heterocycles. The van der Waals surface area contributed by atoms with Gasteiger partial charge in [-0.3, -0.25) is 9.78 Å². The second-order valence-corrected chi connectivity index (χ2v) is 3.97. The van der Waals surface area contributed by atoms with E-state index in [9.17, 15) is 9.59 Å². The molecule has 15 heavy (non-hydrogen) atoms.